The van der Waals surface area contributed by atoms with Gasteiger partial charge in [-0.05, 0) is 95.2 Å². The van der Waals surface area contributed by atoms with Gasteiger partial charge >= 0.3 is 0 Å². The van der Waals surface area contributed by atoms with Crippen LogP contribution in [0.3, 0.4) is 0 Å². The number of halogens is 2. The van der Waals surface area contributed by atoms with Crippen molar-refractivity contribution in [2.75, 3.05) is 33.4 Å². The van der Waals surface area contributed by atoms with Gasteiger partial charge in [0, 0.05) is 19.6 Å². The lowest BCUT2D eigenvalue weighted by Crippen LogP contribution is -2.47. The van der Waals surface area contributed by atoms with E-state index in [1.807, 2.05) is 12.1 Å². The van der Waals surface area contributed by atoms with Gasteiger partial charge in [-0.3, -0.25) is 4.39 Å². The van der Waals surface area contributed by atoms with Crippen LogP contribution in [0.2, 0.25) is 5.02 Å². The molecule has 0 atom stereocenters. The first kappa shape index (κ1) is 24.1. The molecule has 182 valence electrons. The maximum Gasteiger partial charge on any atom is 0.120 e. The van der Waals surface area contributed by atoms with Crippen molar-refractivity contribution in [3.05, 3.63) is 99.6 Å². The van der Waals surface area contributed by atoms with Gasteiger partial charge in [0.1, 0.15) is 5.75 Å². The Kier molecular flexibility index (Phi) is 7.55. The zero-order valence-corrected chi connectivity index (χ0v) is 21.2. The molecule has 0 spiro atoms. The number of allylic oxidation sites excluding steroid dienone is 1. The summed E-state index contributed by atoms with van der Waals surface area (Å²) < 4.78 is 17.8. The summed E-state index contributed by atoms with van der Waals surface area (Å²) in [5, 5.41) is 0.732. The van der Waals surface area contributed by atoms with Crippen LogP contribution in [-0.2, 0) is 12.8 Å². The van der Waals surface area contributed by atoms with E-state index in [1.165, 1.54) is 33.4 Å². The summed E-state index contributed by atoms with van der Waals surface area (Å²) in [5.41, 5.74) is 9.00. The smallest absolute Gasteiger partial charge is 0.120 e. The second-order valence-electron chi connectivity index (χ2n) is 9.78. The van der Waals surface area contributed by atoms with Gasteiger partial charge in [0.25, 0.3) is 0 Å². The van der Waals surface area contributed by atoms with Crippen molar-refractivity contribution in [2.24, 2.45) is 5.92 Å². The molecule has 1 aliphatic heterocycles. The number of ether oxygens (including phenoxy) is 1. The fraction of sp³-hybridized carbons (Fsp3) is 0.355. The minimum absolute atomic E-state index is 0.217. The maximum absolute atomic E-state index is 12.4. The molecule has 1 heterocycles. The molecule has 5 rings (SSSR count). The average Bonchev–Trinajstić information content (AvgIpc) is 3.05. The summed E-state index contributed by atoms with van der Waals surface area (Å²) in [5.74, 6) is 1.45. The van der Waals surface area contributed by atoms with Gasteiger partial charge in [-0.15, -0.1) is 0 Å². The summed E-state index contributed by atoms with van der Waals surface area (Å²) >= 11 is 6.78. The number of nitrogens with zero attached hydrogens (tertiary/aromatic N) is 1. The van der Waals surface area contributed by atoms with Gasteiger partial charge in [0.15, 0.2) is 0 Å². The van der Waals surface area contributed by atoms with E-state index in [1.54, 1.807) is 7.11 Å². The molecule has 1 fully saturated rings. The van der Waals surface area contributed by atoms with Crippen LogP contribution >= 0.6 is 11.6 Å². The monoisotopic (exact) mass is 489 g/mol. The summed E-state index contributed by atoms with van der Waals surface area (Å²) in [6.45, 7) is 2.84. The second kappa shape index (κ2) is 11.0. The SMILES string of the molecule is COc1ccc(C2=C(c3ccc(CC4CN(CCCF)C4)cc3)c3ccccc3CCC2)c(Cl)c1. The summed E-state index contributed by atoms with van der Waals surface area (Å²) in [4.78, 5) is 2.36. The highest BCUT2D eigenvalue weighted by Gasteiger charge is 2.26. The van der Waals surface area contributed by atoms with Crippen molar-refractivity contribution in [1.29, 1.82) is 0 Å². The minimum atomic E-state index is -0.217. The Morgan fingerprint density at radius 3 is 2.51 bits per heavy atom. The van der Waals surface area contributed by atoms with Crippen molar-refractivity contribution in [3.63, 3.8) is 0 Å². The molecule has 2 nitrogen and oxygen atoms in total. The van der Waals surface area contributed by atoms with E-state index < -0.39 is 0 Å². The third kappa shape index (κ3) is 5.32. The topological polar surface area (TPSA) is 12.5 Å². The minimum Gasteiger partial charge on any atom is -0.497 e. The molecule has 0 N–H and O–H groups in total. The number of benzene rings is 3. The number of aryl methyl sites for hydroxylation is 1. The molecule has 0 aromatic heterocycles. The van der Waals surface area contributed by atoms with E-state index in [0.29, 0.717) is 12.3 Å². The molecule has 0 saturated carbocycles. The van der Waals surface area contributed by atoms with Gasteiger partial charge in [0.05, 0.1) is 18.8 Å². The Bertz CT molecular complexity index is 1200. The summed E-state index contributed by atoms with van der Waals surface area (Å²) in [6.07, 6.45) is 4.87. The molecule has 0 radical (unpaired) electrons. The Hall–Kier alpha value is -2.62. The number of alkyl halides is 1. The first-order valence-corrected chi connectivity index (χ1v) is 13.1. The van der Waals surface area contributed by atoms with Crippen LogP contribution in [0.4, 0.5) is 4.39 Å². The number of hydrogen-bond acceptors (Lipinski definition) is 2. The van der Waals surface area contributed by atoms with Gasteiger partial charge in [-0.2, -0.15) is 0 Å². The van der Waals surface area contributed by atoms with Crippen LogP contribution in [0.25, 0.3) is 11.1 Å². The molecular formula is C31H33ClFNO. The van der Waals surface area contributed by atoms with Crippen molar-refractivity contribution < 1.29 is 9.13 Å². The highest BCUT2D eigenvalue weighted by Crippen LogP contribution is 2.42. The van der Waals surface area contributed by atoms with E-state index in [2.05, 4.69) is 59.5 Å². The maximum atomic E-state index is 12.4. The molecule has 3 aromatic carbocycles. The van der Waals surface area contributed by atoms with Gasteiger partial charge in [0.2, 0.25) is 0 Å². The van der Waals surface area contributed by atoms with Crippen LogP contribution in [0.1, 0.15) is 47.1 Å². The first-order valence-electron chi connectivity index (χ1n) is 12.7. The molecule has 1 saturated heterocycles. The van der Waals surface area contributed by atoms with E-state index in [4.69, 9.17) is 16.3 Å². The highest BCUT2D eigenvalue weighted by atomic mass is 35.5. The van der Waals surface area contributed by atoms with Crippen molar-refractivity contribution in [2.45, 2.75) is 32.1 Å². The fourth-order valence-corrected chi connectivity index (χ4v) is 5.89. The summed E-state index contributed by atoms with van der Waals surface area (Å²) in [7, 11) is 1.67. The number of fused-ring (bicyclic) bond motifs is 1. The molecule has 0 amide bonds. The molecule has 3 aromatic rings. The van der Waals surface area contributed by atoms with Crippen molar-refractivity contribution in [1.82, 2.24) is 4.90 Å². The largest absolute Gasteiger partial charge is 0.497 e. The third-order valence-corrected chi connectivity index (χ3v) is 7.68. The zero-order valence-electron chi connectivity index (χ0n) is 20.4. The summed E-state index contributed by atoms with van der Waals surface area (Å²) in [6, 6.07) is 23.9. The Labute approximate surface area is 213 Å². The first-order chi connectivity index (χ1) is 17.2. The van der Waals surface area contributed by atoms with Gasteiger partial charge < -0.3 is 9.64 Å². The standard InChI is InChI=1S/C31H33ClFNO/c1-35-26-14-15-28(30(32)19-26)29-9-4-7-24-6-2-3-8-27(24)31(29)25-12-10-22(11-13-25)18-23-20-34(21-23)17-5-16-33/h2-3,6,8,10-15,19,23H,4-5,7,9,16-18,20-21H2,1H3. The van der Waals surface area contributed by atoms with E-state index >= 15 is 0 Å². The Morgan fingerprint density at radius 2 is 1.77 bits per heavy atom. The molecule has 2 aliphatic rings. The van der Waals surface area contributed by atoms with Crippen LogP contribution in [-0.4, -0.2) is 38.3 Å². The number of likely N-dealkylation sites (tertiary alicyclic amines) is 1. The number of rotatable bonds is 8. The fourth-order valence-electron chi connectivity index (χ4n) is 5.60. The lowest BCUT2D eigenvalue weighted by molar-refractivity contribution is 0.0968. The quantitative estimate of drug-likeness (QED) is 0.325. The van der Waals surface area contributed by atoms with Gasteiger partial charge in [-0.25, -0.2) is 0 Å². The van der Waals surface area contributed by atoms with E-state index in [0.717, 1.165) is 61.7 Å². The third-order valence-electron chi connectivity index (χ3n) is 7.37. The zero-order chi connectivity index (χ0) is 24.2. The second-order valence-corrected chi connectivity index (χ2v) is 10.2. The molecule has 35 heavy (non-hydrogen) atoms. The van der Waals surface area contributed by atoms with E-state index in [9.17, 15) is 4.39 Å². The van der Waals surface area contributed by atoms with Crippen LogP contribution in [0, 0.1) is 5.92 Å². The van der Waals surface area contributed by atoms with Crippen molar-refractivity contribution in [3.8, 4) is 5.75 Å². The Morgan fingerprint density at radius 1 is 0.971 bits per heavy atom. The molecule has 1 aliphatic carbocycles. The van der Waals surface area contributed by atoms with Crippen molar-refractivity contribution >= 4 is 22.7 Å². The predicted octanol–water partition coefficient (Wildman–Crippen LogP) is 7.48. The predicted molar refractivity (Wildman–Crippen MR) is 144 cm³/mol. The van der Waals surface area contributed by atoms with Gasteiger partial charge in [-0.1, -0.05) is 60.1 Å². The van der Waals surface area contributed by atoms with E-state index in [-0.39, 0.29) is 6.67 Å². The lowest BCUT2D eigenvalue weighted by Gasteiger charge is -2.39. The average molecular weight is 490 g/mol. The number of hydrogen-bond donors (Lipinski definition) is 0. The normalized spacial score (nSPS) is 16.5. The molecule has 0 bridgehead atoms. The highest BCUT2D eigenvalue weighted by molar-refractivity contribution is 6.33. The molecular weight excluding hydrogens is 457 g/mol. The molecule has 4 heteroatoms. The number of methoxy groups -OCH3 is 1. The Balaban J connectivity index is 1.47. The molecule has 0 unspecified atom stereocenters. The van der Waals surface area contributed by atoms with Crippen LogP contribution in [0.5, 0.6) is 5.75 Å². The lowest BCUT2D eigenvalue weighted by atomic mass is 9.86. The van der Waals surface area contributed by atoms with Crippen LogP contribution in [0.15, 0.2) is 66.7 Å². The van der Waals surface area contributed by atoms with Crippen LogP contribution < -0.4 is 4.74 Å².